The van der Waals surface area contributed by atoms with Gasteiger partial charge in [-0.15, -0.1) is 11.6 Å². The summed E-state index contributed by atoms with van der Waals surface area (Å²) in [4.78, 5) is 0. The quantitative estimate of drug-likeness (QED) is 0.777. The molecule has 2 aliphatic heterocycles. The third-order valence-electron chi connectivity index (χ3n) is 3.90. The zero-order chi connectivity index (χ0) is 13.2. The number of hydrogen-bond acceptors (Lipinski definition) is 3. The van der Waals surface area contributed by atoms with Gasteiger partial charge in [-0.25, -0.2) is 0 Å². The fourth-order valence-corrected chi connectivity index (χ4v) is 3.20. The van der Waals surface area contributed by atoms with Gasteiger partial charge in [0.15, 0.2) is 11.5 Å². The zero-order valence-corrected chi connectivity index (χ0v) is 11.9. The lowest BCUT2D eigenvalue weighted by atomic mass is 9.93. The molecule has 2 aliphatic rings. The van der Waals surface area contributed by atoms with Crippen LogP contribution in [-0.4, -0.2) is 25.9 Å². The maximum atomic E-state index is 6.61. The van der Waals surface area contributed by atoms with Gasteiger partial charge in [-0.1, -0.05) is 6.07 Å². The Morgan fingerprint density at radius 3 is 2.68 bits per heavy atom. The first kappa shape index (κ1) is 13.1. The minimum Gasteiger partial charge on any atom is -0.490 e. The highest BCUT2D eigenvalue weighted by molar-refractivity contribution is 6.21. The van der Waals surface area contributed by atoms with E-state index in [0.717, 1.165) is 36.5 Å². The monoisotopic (exact) mass is 282 g/mol. The van der Waals surface area contributed by atoms with Gasteiger partial charge >= 0.3 is 0 Å². The highest BCUT2D eigenvalue weighted by Gasteiger charge is 2.32. The first-order valence-electron chi connectivity index (χ1n) is 6.91. The zero-order valence-electron chi connectivity index (χ0n) is 11.1. The predicted octanol–water partition coefficient (Wildman–Crippen LogP) is 3.55. The van der Waals surface area contributed by atoms with Crippen molar-refractivity contribution in [3.63, 3.8) is 0 Å². The van der Waals surface area contributed by atoms with Crippen LogP contribution in [0.3, 0.4) is 0 Å². The standard InChI is InChI=1S/C15H19ClO3/c1-10-12(5-8-17-10)15(16)11-3-4-13-14(9-11)19-7-2-6-18-13/h3-4,9-10,12,15H,2,5-8H2,1H3. The third kappa shape index (κ3) is 2.67. The lowest BCUT2D eigenvalue weighted by Crippen LogP contribution is -2.16. The molecule has 3 atom stereocenters. The lowest BCUT2D eigenvalue weighted by molar-refractivity contribution is 0.105. The molecule has 1 aromatic rings. The summed E-state index contributed by atoms with van der Waals surface area (Å²) < 4.78 is 17.0. The van der Waals surface area contributed by atoms with Crippen LogP contribution in [-0.2, 0) is 4.74 Å². The summed E-state index contributed by atoms with van der Waals surface area (Å²) in [5.74, 6) is 2.00. The molecule has 0 amide bonds. The summed E-state index contributed by atoms with van der Waals surface area (Å²) >= 11 is 6.61. The summed E-state index contributed by atoms with van der Waals surface area (Å²) in [6.45, 7) is 4.31. The predicted molar refractivity (Wildman–Crippen MR) is 74.2 cm³/mol. The molecule has 3 rings (SSSR count). The molecule has 1 fully saturated rings. The molecule has 104 valence electrons. The van der Waals surface area contributed by atoms with E-state index in [4.69, 9.17) is 25.8 Å². The Morgan fingerprint density at radius 2 is 1.95 bits per heavy atom. The van der Waals surface area contributed by atoms with Crippen LogP contribution >= 0.6 is 11.6 Å². The maximum absolute atomic E-state index is 6.61. The molecule has 1 aromatic carbocycles. The summed E-state index contributed by atoms with van der Waals surface area (Å²) in [5.41, 5.74) is 1.09. The van der Waals surface area contributed by atoms with Crippen molar-refractivity contribution in [2.45, 2.75) is 31.2 Å². The van der Waals surface area contributed by atoms with Crippen molar-refractivity contribution in [3.8, 4) is 11.5 Å². The molecule has 2 heterocycles. The van der Waals surface area contributed by atoms with Crippen molar-refractivity contribution >= 4 is 11.6 Å². The van der Waals surface area contributed by atoms with Crippen LogP contribution in [0.4, 0.5) is 0 Å². The Bertz CT molecular complexity index is 449. The Labute approximate surface area is 118 Å². The average Bonchev–Trinajstić information content (AvgIpc) is 2.72. The Kier molecular flexibility index (Phi) is 3.85. The molecule has 0 bridgehead atoms. The van der Waals surface area contributed by atoms with Gasteiger partial charge < -0.3 is 14.2 Å². The normalized spacial score (nSPS) is 27.9. The van der Waals surface area contributed by atoms with Crippen molar-refractivity contribution in [1.82, 2.24) is 0 Å². The third-order valence-corrected chi connectivity index (χ3v) is 4.48. The van der Waals surface area contributed by atoms with E-state index in [1.165, 1.54) is 0 Å². The summed E-state index contributed by atoms with van der Waals surface area (Å²) in [6.07, 6.45) is 2.16. The van der Waals surface area contributed by atoms with E-state index < -0.39 is 0 Å². The van der Waals surface area contributed by atoms with Crippen LogP contribution in [0.5, 0.6) is 11.5 Å². The van der Waals surface area contributed by atoms with Crippen molar-refractivity contribution in [3.05, 3.63) is 23.8 Å². The van der Waals surface area contributed by atoms with Crippen molar-refractivity contribution in [2.24, 2.45) is 5.92 Å². The summed E-state index contributed by atoms with van der Waals surface area (Å²) in [6, 6.07) is 6.02. The number of fused-ring (bicyclic) bond motifs is 1. The fraction of sp³-hybridized carbons (Fsp3) is 0.600. The highest BCUT2D eigenvalue weighted by Crippen LogP contribution is 2.41. The molecule has 1 saturated heterocycles. The van der Waals surface area contributed by atoms with Gasteiger partial charge in [0.25, 0.3) is 0 Å². The average molecular weight is 283 g/mol. The van der Waals surface area contributed by atoms with Crippen molar-refractivity contribution < 1.29 is 14.2 Å². The first-order chi connectivity index (χ1) is 9.25. The minimum absolute atomic E-state index is 0.0327. The maximum Gasteiger partial charge on any atom is 0.161 e. The molecule has 0 radical (unpaired) electrons. The Morgan fingerprint density at radius 1 is 1.16 bits per heavy atom. The summed E-state index contributed by atoms with van der Waals surface area (Å²) in [5, 5.41) is -0.0327. The number of halogens is 1. The molecule has 19 heavy (non-hydrogen) atoms. The molecule has 0 saturated carbocycles. The van der Waals surface area contributed by atoms with Crippen LogP contribution in [0, 0.1) is 5.92 Å². The second-order valence-corrected chi connectivity index (χ2v) is 5.66. The van der Waals surface area contributed by atoms with E-state index in [1.54, 1.807) is 0 Å². The topological polar surface area (TPSA) is 27.7 Å². The largest absolute Gasteiger partial charge is 0.490 e. The Hall–Kier alpha value is -0.930. The van der Waals surface area contributed by atoms with Crippen molar-refractivity contribution in [1.29, 1.82) is 0 Å². The van der Waals surface area contributed by atoms with Gasteiger partial charge in [0.1, 0.15) is 0 Å². The molecule has 3 unspecified atom stereocenters. The molecule has 4 heteroatoms. The highest BCUT2D eigenvalue weighted by atomic mass is 35.5. The second-order valence-electron chi connectivity index (χ2n) is 5.19. The molecule has 0 spiro atoms. The van der Waals surface area contributed by atoms with E-state index in [-0.39, 0.29) is 11.5 Å². The van der Waals surface area contributed by atoms with Crippen LogP contribution < -0.4 is 9.47 Å². The number of ether oxygens (including phenoxy) is 3. The van der Waals surface area contributed by atoms with Gasteiger partial charge in [-0.3, -0.25) is 0 Å². The molecule has 3 nitrogen and oxygen atoms in total. The molecule has 0 aliphatic carbocycles. The number of benzene rings is 1. The van der Waals surface area contributed by atoms with Gasteiger partial charge in [-0.05, 0) is 31.0 Å². The van der Waals surface area contributed by atoms with Crippen LogP contribution in [0.25, 0.3) is 0 Å². The molecule has 0 N–H and O–H groups in total. The van der Waals surface area contributed by atoms with Gasteiger partial charge in [0, 0.05) is 18.9 Å². The van der Waals surface area contributed by atoms with Crippen molar-refractivity contribution in [2.75, 3.05) is 19.8 Å². The molecular weight excluding hydrogens is 264 g/mol. The molecule has 0 aromatic heterocycles. The van der Waals surface area contributed by atoms with E-state index in [2.05, 4.69) is 6.92 Å². The lowest BCUT2D eigenvalue weighted by Gasteiger charge is -2.21. The fourth-order valence-electron chi connectivity index (χ4n) is 2.73. The van der Waals surface area contributed by atoms with E-state index in [1.807, 2.05) is 18.2 Å². The number of alkyl halides is 1. The van der Waals surface area contributed by atoms with E-state index in [0.29, 0.717) is 19.1 Å². The second kappa shape index (κ2) is 5.59. The van der Waals surface area contributed by atoms with Crippen LogP contribution in [0.15, 0.2) is 18.2 Å². The van der Waals surface area contributed by atoms with Crippen LogP contribution in [0.2, 0.25) is 0 Å². The van der Waals surface area contributed by atoms with E-state index >= 15 is 0 Å². The molecular formula is C15H19ClO3. The number of rotatable bonds is 2. The summed E-state index contributed by atoms with van der Waals surface area (Å²) in [7, 11) is 0. The minimum atomic E-state index is -0.0327. The SMILES string of the molecule is CC1OCCC1C(Cl)c1ccc2c(c1)OCCCO2. The Balaban J connectivity index is 1.82. The first-order valence-corrected chi connectivity index (χ1v) is 7.34. The number of hydrogen-bond donors (Lipinski definition) is 0. The van der Waals surface area contributed by atoms with Gasteiger partial charge in [0.2, 0.25) is 0 Å². The smallest absolute Gasteiger partial charge is 0.161 e. The van der Waals surface area contributed by atoms with Gasteiger partial charge in [-0.2, -0.15) is 0 Å². The van der Waals surface area contributed by atoms with E-state index in [9.17, 15) is 0 Å². The van der Waals surface area contributed by atoms with Gasteiger partial charge in [0.05, 0.1) is 24.7 Å². The van der Waals surface area contributed by atoms with Crippen LogP contribution in [0.1, 0.15) is 30.7 Å².